The second kappa shape index (κ2) is 4.80. The molecule has 0 spiro atoms. The molecule has 0 radical (unpaired) electrons. The van der Waals surface area contributed by atoms with E-state index in [2.05, 4.69) is 5.32 Å². The van der Waals surface area contributed by atoms with Gasteiger partial charge in [0.15, 0.2) is 0 Å². The molecule has 1 aliphatic heterocycles. The summed E-state index contributed by atoms with van der Waals surface area (Å²) in [5.41, 5.74) is 4.60. The summed E-state index contributed by atoms with van der Waals surface area (Å²) in [7, 11) is 1.44. The zero-order valence-corrected chi connectivity index (χ0v) is 9.95. The van der Waals surface area contributed by atoms with Gasteiger partial charge in [-0.2, -0.15) is 0 Å². The van der Waals surface area contributed by atoms with E-state index in [-0.39, 0.29) is 18.4 Å². The van der Waals surface area contributed by atoms with Crippen molar-refractivity contribution < 1.29 is 14.3 Å². The Morgan fingerprint density at radius 1 is 1.69 bits per heavy atom. The first-order valence-electron chi connectivity index (χ1n) is 5.27. The predicted octanol–water partition coefficient (Wildman–Crippen LogP) is -1.30. The van der Waals surface area contributed by atoms with Crippen LogP contribution in [0, 0.1) is 0 Å². The van der Waals surface area contributed by atoms with Crippen molar-refractivity contribution in [1.29, 1.82) is 0 Å². The standard InChI is InChI=1S/C10H19N3O3/c1-10(2)9(15)12-4-5-13(10)8(14)7(6-11)16-3/h7H,4-6,11H2,1-3H3,(H,12,15). The first kappa shape index (κ1) is 12.9. The Morgan fingerprint density at radius 3 is 2.81 bits per heavy atom. The molecule has 1 aliphatic rings. The molecule has 0 bridgehead atoms. The van der Waals surface area contributed by atoms with Gasteiger partial charge >= 0.3 is 0 Å². The smallest absolute Gasteiger partial charge is 0.253 e. The van der Waals surface area contributed by atoms with E-state index in [1.807, 2.05) is 0 Å². The lowest BCUT2D eigenvalue weighted by molar-refractivity contribution is -0.156. The fourth-order valence-corrected chi connectivity index (χ4v) is 1.76. The van der Waals surface area contributed by atoms with E-state index < -0.39 is 11.6 Å². The molecule has 1 heterocycles. The third-order valence-electron chi connectivity index (χ3n) is 2.89. The molecule has 1 unspecified atom stereocenters. The van der Waals surface area contributed by atoms with Gasteiger partial charge in [0.25, 0.3) is 5.91 Å². The summed E-state index contributed by atoms with van der Waals surface area (Å²) >= 11 is 0. The van der Waals surface area contributed by atoms with Crippen LogP contribution in [0.25, 0.3) is 0 Å². The van der Waals surface area contributed by atoms with Crippen molar-refractivity contribution in [3.63, 3.8) is 0 Å². The fraction of sp³-hybridized carbons (Fsp3) is 0.800. The number of nitrogens with one attached hydrogen (secondary N) is 1. The summed E-state index contributed by atoms with van der Waals surface area (Å²) in [6, 6.07) is 0. The molecule has 2 amide bonds. The largest absolute Gasteiger partial charge is 0.370 e. The molecule has 1 rings (SSSR count). The third kappa shape index (κ3) is 2.17. The lowest BCUT2D eigenvalue weighted by Crippen LogP contribution is -2.65. The number of ether oxygens (including phenoxy) is 1. The van der Waals surface area contributed by atoms with Gasteiger partial charge in [0, 0.05) is 26.7 Å². The van der Waals surface area contributed by atoms with Crippen molar-refractivity contribution in [3.8, 4) is 0 Å². The Morgan fingerprint density at radius 2 is 2.31 bits per heavy atom. The highest BCUT2D eigenvalue weighted by atomic mass is 16.5. The number of amides is 2. The molecular weight excluding hydrogens is 210 g/mol. The first-order chi connectivity index (χ1) is 7.45. The Bertz CT molecular complexity index is 287. The number of hydrogen-bond donors (Lipinski definition) is 2. The molecule has 0 saturated carbocycles. The van der Waals surface area contributed by atoms with E-state index in [1.165, 1.54) is 12.0 Å². The highest BCUT2D eigenvalue weighted by Gasteiger charge is 2.42. The Hall–Kier alpha value is -1.14. The molecule has 0 aromatic heterocycles. The zero-order valence-electron chi connectivity index (χ0n) is 9.95. The van der Waals surface area contributed by atoms with E-state index in [0.29, 0.717) is 13.1 Å². The van der Waals surface area contributed by atoms with Gasteiger partial charge in [-0.05, 0) is 13.8 Å². The van der Waals surface area contributed by atoms with Crippen LogP contribution in [-0.2, 0) is 14.3 Å². The Balaban J connectivity index is 2.85. The summed E-state index contributed by atoms with van der Waals surface area (Å²) in [6.45, 7) is 4.49. The molecule has 1 atom stereocenters. The van der Waals surface area contributed by atoms with Crippen LogP contribution >= 0.6 is 0 Å². The van der Waals surface area contributed by atoms with Gasteiger partial charge in [0.1, 0.15) is 11.6 Å². The van der Waals surface area contributed by atoms with E-state index in [1.54, 1.807) is 13.8 Å². The molecule has 6 heteroatoms. The van der Waals surface area contributed by atoms with Crippen molar-refractivity contribution in [2.75, 3.05) is 26.7 Å². The summed E-state index contributed by atoms with van der Waals surface area (Å²) in [4.78, 5) is 25.2. The number of methoxy groups -OCH3 is 1. The van der Waals surface area contributed by atoms with Gasteiger partial charge < -0.3 is 20.7 Å². The minimum Gasteiger partial charge on any atom is -0.370 e. The van der Waals surface area contributed by atoms with Crippen LogP contribution in [-0.4, -0.2) is 55.1 Å². The van der Waals surface area contributed by atoms with Crippen LogP contribution in [0.1, 0.15) is 13.8 Å². The molecule has 1 saturated heterocycles. The molecule has 1 fully saturated rings. The molecule has 92 valence electrons. The van der Waals surface area contributed by atoms with Gasteiger partial charge in [0.05, 0.1) is 0 Å². The minimum absolute atomic E-state index is 0.115. The average molecular weight is 229 g/mol. The number of rotatable bonds is 3. The van der Waals surface area contributed by atoms with Crippen molar-refractivity contribution in [1.82, 2.24) is 10.2 Å². The molecule has 3 N–H and O–H groups in total. The average Bonchev–Trinajstić information content (AvgIpc) is 2.23. The maximum atomic E-state index is 12.1. The lowest BCUT2D eigenvalue weighted by atomic mass is 9.98. The molecule has 0 aromatic rings. The first-order valence-corrected chi connectivity index (χ1v) is 5.27. The van der Waals surface area contributed by atoms with Crippen LogP contribution in [0.5, 0.6) is 0 Å². The molecular formula is C10H19N3O3. The summed E-state index contributed by atoms with van der Waals surface area (Å²) < 4.78 is 5.00. The Kier molecular flexibility index (Phi) is 3.88. The predicted molar refractivity (Wildman–Crippen MR) is 58.7 cm³/mol. The van der Waals surface area contributed by atoms with Crippen LogP contribution in [0.2, 0.25) is 0 Å². The maximum absolute atomic E-state index is 12.1. The number of hydrogen-bond acceptors (Lipinski definition) is 4. The van der Waals surface area contributed by atoms with E-state index in [9.17, 15) is 9.59 Å². The highest BCUT2D eigenvalue weighted by molar-refractivity contribution is 5.93. The van der Waals surface area contributed by atoms with Gasteiger partial charge in [-0.1, -0.05) is 0 Å². The quantitative estimate of drug-likeness (QED) is 0.630. The van der Waals surface area contributed by atoms with Crippen molar-refractivity contribution >= 4 is 11.8 Å². The number of nitrogens with zero attached hydrogens (tertiary/aromatic N) is 1. The highest BCUT2D eigenvalue weighted by Crippen LogP contribution is 2.19. The third-order valence-corrected chi connectivity index (χ3v) is 2.89. The maximum Gasteiger partial charge on any atom is 0.253 e. The summed E-state index contributed by atoms with van der Waals surface area (Å²) in [5.74, 6) is -0.385. The van der Waals surface area contributed by atoms with E-state index in [0.717, 1.165) is 0 Å². The summed E-state index contributed by atoms with van der Waals surface area (Å²) in [6.07, 6.45) is -0.676. The molecule has 0 aliphatic carbocycles. The van der Waals surface area contributed by atoms with Gasteiger partial charge in [-0.25, -0.2) is 0 Å². The van der Waals surface area contributed by atoms with Crippen molar-refractivity contribution in [2.45, 2.75) is 25.5 Å². The van der Waals surface area contributed by atoms with Crippen LogP contribution in [0.15, 0.2) is 0 Å². The fourth-order valence-electron chi connectivity index (χ4n) is 1.76. The Labute approximate surface area is 95.1 Å². The molecule has 0 aromatic carbocycles. The van der Waals surface area contributed by atoms with Crippen LogP contribution < -0.4 is 11.1 Å². The minimum atomic E-state index is -0.846. The van der Waals surface area contributed by atoms with Crippen LogP contribution in [0.3, 0.4) is 0 Å². The number of piperazine rings is 1. The second-order valence-electron chi connectivity index (χ2n) is 4.26. The van der Waals surface area contributed by atoms with Gasteiger partial charge in [-0.3, -0.25) is 9.59 Å². The second-order valence-corrected chi connectivity index (χ2v) is 4.26. The van der Waals surface area contributed by atoms with Crippen molar-refractivity contribution in [2.24, 2.45) is 5.73 Å². The van der Waals surface area contributed by atoms with Crippen molar-refractivity contribution in [3.05, 3.63) is 0 Å². The van der Waals surface area contributed by atoms with E-state index >= 15 is 0 Å². The molecule has 16 heavy (non-hydrogen) atoms. The monoisotopic (exact) mass is 229 g/mol. The molecule has 6 nitrogen and oxygen atoms in total. The number of carbonyl (C=O) groups excluding carboxylic acids is 2. The normalized spacial score (nSPS) is 21.5. The summed E-state index contributed by atoms with van der Waals surface area (Å²) in [5, 5.41) is 2.73. The van der Waals surface area contributed by atoms with E-state index in [4.69, 9.17) is 10.5 Å². The topological polar surface area (TPSA) is 84.7 Å². The van der Waals surface area contributed by atoms with Crippen LogP contribution in [0.4, 0.5) is 0 Å². The number of carbonyl (C=O) groups is 2. The van der Waals surface area contributed by atoms with Gasteiger partial charge in [0.2, 0.25) is 5.91 Å². The van der Waals surface area contributed by atoms with Gasteiger partial charge in [-0.15, -0.1) is 0 Å². The zero-order chi connectivity index (χ0) is 12.3. The number of nitrogens with two attached hydrogens (primary N) is 1. The SMILES string of the molecule is COC(CN)C(=O)N1CCNC(=O)C1(C)C. The lowest BCUT2D eigenvalue weighted by Gasteiger charge is -2.42.